The second kappa shape index (κ2) is 9.37. The average molecular weight is 373 g/mol. The maximum Gasteiger partial charge on any atom is 0.271 e. The molecule has 1 amide bonds. The molecule has 0 atom stereocenters. The zero-order valence-corrected chi connectivity index (χ0v) is 16.0. The van der Waals surface area contributed by atoms with Crippen LogP contribution in [-0.2, 0) is 6.61 Å². The second-order valence-electron chi connectivity index (χ2n) is 6.48. The molecule has 0 aromatic heterocycles. The van der Waals surface area contributed by atoms with Crippen molar-refractivity contribution in [2.75, 3.05) is 19.0 Å². The minimum absolute atomic E-state index is 0.268. The molecule has 3 aromatic rings. The number of amides is 1. The zero-order chi connectivity index (χ0) is 19.8. The van der Waals surface area contributed by atoms with Crippen molar-refractivity contribution in [1.29, 1.82) is 0 Å². The molecule has 0 saturated carbocycles. The van der Waals surface area contributed by atoms with E-state index in [1.54, 1.807) is 30.5 Å². The van der Waals surface area contributed by atoms with Gasteiger partial charge in [0, 0.05) is 25.3 Å². The van der Waals surface area contributed by atoms with Crippen LogP contribution in [0.25, 0.3) is 0 Å². The van der Waals surface area contributed by atoms with Crippen LogP contribution in [0, 0.1) is 0 Å². The lowest BCUT2D eigenvalue weighted by molar-refractivity contribution is 0.0955. The van der Waals surface area contributed by atoms with Crippen LogP contribution >= 0.6 is 0 Å². The first-order chi connectivity index (χ1) is 13.6. The van der Waals surface area contributed by atoms with Gasteiger partial charge in [0.2, 0.25) is 0 Å². The molecule has 0 aliphatic carbocycles. The van der Waals surface area contributed by atoms with Gasteiger partial charge in [-0.05, 0) is 47.5 Å². The summed E-state index contributed by atoms with van der Waals surface area (Å²) >= 11 is 0. The van der Waals surface area contributed by atoms with E-state index in [9.17, 15) is 4.79 Å². The number of nitrogens with zero attached hydrogens (tertiary/aromatic N) is 2. The van der Waals surface area contributed by atoms with Crippen molar-refractivity contribution in [2.24, 2.45) is 5.10 Å². The number of nitrogens with one attached hydrogen (secondary N) is 1. The molecular weight excluding hydrogens is 350 g/mol. The van der Waals surface area contributed by atoms with Gasteiger partial charge >= 0.3 is 0 Å². The van der Waals surface area contributed by atoms with Crippen LogP contribution in [0.2, 0.25) is 0 Å². The molecule has 0 saturated heterocycles. The Hall–Kier alpha value is -3.60. The summed E-state index contributed by atoms with van der Waals surface area (Å²) in [6, 6.07) is 24.8. The van der Waals surface area contributed by atoms with Gasteiger partial charge in [0.25, 0.3) is 5.91 Å². The summed E-state index contributed by atoms with van der Waals surface area (Å²) < 4.78 is 5.73. The SMILES string of the molecule is CN(C)c1ccc(/C=N\NC(=O)c2ccc(OCc3ccccc3)cc2)cc1. The molecule has 0 unspecified atom stereocenters. The van der Waals surface area contributed by atoms with E-state index >= 15 is 0 Å². The zero-order valence-electron chi connectivity index (χ0n) is 16.0. The summed E-state index contributed by atoms with van der Waals surface area (Å²) in [4.78, 5) is 14.2. The van der Waals surface area contributed by atoms with Crippen LogP contribution < -0.4 is 15.1 Å². The topological polar surface area (TPSA) is 53.9 Å². The van der Waals surface area contributed by atoms with Crippen LogP contribution in [0.15, 0.2) is 84.0 Å². The molecule has 0 bridgehead atoms. The Kier molecular flexibility index (Phi) is 6.41. The van der Waals surface area contributed by atoms with Crippen LogP contribution in [-0.4, -0.2) is 26.2 Å². The third-order valence-corrected chi connectivity index (χ3v) is 4.15. The molecule has 0 aliphatic heterocycles. The van der Waals surface area contributed by atoms with E-state index in [2.05, 4.69) is 10.5 Å². The highest BCUT2D eigenvalue weighted by molar-refractivity contribution is 5.95. The molecule has 3 aromatic carbocycles. The standard InChI is InChI=1S/C23H23N3O2/c1-26(2)21-12-8-18(9-13-21)16-24-25-23(27)20-10-14-22(15-11-20)28-17-19-6-4-3-5-7-19/h3-16H,17H2,1-2H3,(H,25,27)/b24-16-. The van der Waals surface area contributed by atoms with E-state index in [4.69, 9.17) is 4.74 Å². The van der Waals surface area contributed by atoms with Gasteiger partial charge in [-0.2, -0.15) is 5.10 Å². The summed E-state index contributed by atoms with van der Waals surface area (Å²) in [6.45, 7) is 0.489. The second-order valence-corrected chi connectivity index (χ2v) is 6.48. The summed E-state index contributed by atoms with van der Waals surface area (Å²) in [6.07, 6.45) is 1.62. The number of rotatable bonds is 7. The fraction of sp³-hybridized carbons (Fsp3) is 0.130. The number of ether oxygens (including phenoxy) is 1. The molecule has 0 heterocycles. The number of anilines is 1. The highest BCUT2D eigenvalue weighted by Crippen LogP contribution is 2.14. The predicted molar refractivity (Wildman–Crippen MR) is 113 cm³/mol. The van der Waals surface area contributed by atoms with Crippen molar-refractivity contribution in [3.05, 3.63) is 95.6 Å². The van der Waals surface area contributed by atoms with Gasteiger partial charge in [-0.25, -0.2) is 5.43 Å². The Balaban J connectivity index is 1.51. The van der Waals surface area contributed by atoms with E-state index < -0.39 is 0 Å². The molecule has 5 heteroatoms. The fourth-order valence-electron chi connectivity index (χ4n) is 2.53. The molecule has 1 N–H and O–H groups in total. The summed E-state index contributed by atoms with van der Waals surface area (Å²) in [5.41, 5.74) is 6.18. The Morgan fingerprint density at radius 1 is 0.964 bits per heavy atom. The predicted octanol–water partition coefficient (Wildman–Crippen LogP) is 4.10. The number of hydrogen-bond acceptors (Lipinski definition) is 4. The maximum atomic E-state index is 12.2. The van der Waals surface area contributed by atoms with Crippen molar-refractivity contribution in [3.63, 3.8) is 0 Å². The molecule has 3 rings (SSSR count). The Morgan fingerprint density at radius 3 is 2.29 bits per heavy atom. The lowest BCUT2D eigenvalue weighted by Crippen LogP contribution is -2.17. The van der Waals surface area contributed by atoms with Crippen LogP contribution in [0.3, 0.4) is 0 Å². The third kappa shape index (κ3) is 5.45. The maximum absolute atomic E-state index is 12.2. The summed E-state index contributed by atoms with van der Waals surface area (Å²) in [5, 5.41) is 4.02. The van der Waals surface area contributed by atoms with Crippen LogP contribution in [0.1, 0.15) is 21.5 Å². The van der Waals surface area contributed by atoms with E-state index in [0.29, 0.717) is 17.9 Å². The molecular formula is C23H23N3O2. The Morgan fingerprint density at radius 2 is 1.64 bits per heavy atom. The molecule has 142 valence electrons. The highest BCUT2D eigenvalue weighted by Gasteiger charge is 2.04. The van der Waals surface area contributed by atoms with Crippen molar-refractivity contribution in [1.82, 2.24) is 5.43 Å². The van der Waals surface area contributed by atoms with Gasteiger partial charge in [0.1, 0.15) is 12.4 Å². The molecule has 0 aliphatic rings. The number of hydrazone groups is 1. The van der Waals surface area contributed by atoms with Gasteiger partial charge in [-0.15, -0.1) is 0 Å². The van der Waals surface area contributed by atoms with Gasteiger partial charge in [-0.1, -0.05) is 42.5 Å². The highest BCUT2D eigenvalue weighted by atomic mass is 16.5. The minimum atomic E-state index is -0.268. The monoisotopic (exact) mass is 373 g/mol. The normalized spacial score (nSPS) is 10.6. The van der Waals surface area contributed by atoms with Gasteiger partial charge in [0.05, 0.1) is 6.21 Å². The number of carbonyl (C=O) groups excluding carboxylic acids is 1. The van der Waals surface area contributed by atoms with Gasteiger partial charge in [0.15, 0.2) is 0 Å². The van der Waals surface area contributed by atoms with Crippen molar-refractivity contribution in [3.8, 4) is 5.75 Å². The Labute approximate surface area is 165 Å². The van der Waals surface area contributed by atoms with E-state index in [-0.39, 0.29) is 5.91 Å². The third-order valence-electron chi connectivity index (χ3n) is 4.15. The van der Waals surface area contributed by atoms with Crippen molar-refractivity contribution < 1.29 is 9.53 Å². The smallest absolute Gasteiger partial charge is 0.271 e. The largest absolute Gasteiger partial charge is 0.489 e. The molecule has 5 nitrogen and oxygen atoms in total. The van der Waals surface area contributed by atoms with Gasteiger partial charge in [-0.3, -0.25) is 4.79 Å². The Bertz CT molecular complexity index is 918. The van der Waals surface area contributed by atoms with Crippen LogP contribution in [0.5, 0.6) is 5.75 Å². The summed E-state index contributed by atoms with van der Waals surface area (Å²) in [7, 11) is 3.97. The first kappa shape index (κ1) is 19.2. The number of carbonyl (C=O) groups is 1. The minimum Gasteiger partial charge on any atom is -0.489 e. The lowest BCUT2D eigenvalue weighted by Gasteiger charge is -2.11. The molecule has 0 spiro atoms. The lowest BCUT2D eigenvalue weighted by atomic mass is 10.2. The molecule has 0 radical (unpaired) electrons. The quantitative estimate of drug-likeness (QED) is 0.501. The van der Waals surface area contributed by atoms with Crippen molar-refractivity contribution in [2.45, 2.75) is 6.61 Å². The van der Waals surface area contributed by atoms with Crippen molar-refractivity contribution >= 4 is 17.8 Å². The van der Waals surface area contributed by atoms with Gasteiger partial charge < -0.3 is 9.64 Å². The average Bonchev–Trinajstić information content (AvgIpc) is 2.73. The first-order valence-corrected chi connectivity index (χ1v) is 8.99. The number of hydrogen-bond donors (Lipinski definition) is 1. The van der Waals surface area contributed by atoms with E-state index in [0.717, 1.165) is 16.8 Å². The van der Waals surface area contributed by atoms with E-state index in [1.165, 1.54) is 0 Å². The fourth-order valence-corrected chi connectivity index (χ4v) is 2.53. The van der Waals surface area contributed by atoms with Crippen LogP contribution in [0.4, 0.5) is 5.69 Å². The molecule has 0 fully saturated rings. The first-order valence-electron chi connectivity index (χ1n) is 8.99. The molecule has 28 heavy (non-hydrogen) atoms. The number of benzene rings is 3. The summed E-state index contributed by atoms with van der Waals surface area (Å²) in [5.74, 6) is 0.445. The van der Waals surface area contributed by atoms with E-state index in [1.807, 2.05) is 73.6 Å².